The lowest BCUT2D eigenvalue weighted by Gasteiger charge is -2.34. The van der Waals surface area contributed by atoms with Crippen LogP contribution in [0, 0.1) is 5.82 Å². The van der Waals surface area contributed by atoms with E-state index in [2.05, 4.69) is 5.32 Å². The quantitative estimate of drug-likeness (QED) is 0.675. The normalized spacial score (nSPS) is 14.4. The summed E-state index contributed by atoms with van der Waals surface area (Å²) < 4.78 is 18.2. The fraction of sp³-hybridized carbons (Fsp3) is 0.526. The van der Waals surface area contributed by atoms with E-state index in [-0.39, 0.29) is 37.3 Å². The second-order valence-electron chi connectivity index (χ2n) is 6.64. The van der Waals surface area contributed by atoms with Gasteiger partial charge in [-0.25, -0.2) is 9.18 Å². The minimum Gasteiger partial charge on any atom is -0.456 e. The van der Waals surface area contributed by atoms with Gasteiger partial charge < -0.3 is 20.7 Å². The number of carbonyl (C=O) groups is 3. The van der Waals surface area contributed by atoms with Crippen molar-refractivity contribution in [3.63, 3.8) is 0 Å². The summed E-state index contributed by atoms with van der Waals surface area (Å²) >= 11 is 0. The standard InChI is InChI=1S/C19H26FN3O4/c20-15-8-6-14(7-9-15)12-23(16-4-2-1-3-5-16)17(24)13-27-18(25)10-11-22-19(21)26/h6-9,16H,1-5,10-13H2,(H3,21,22,26). The summed E-state index contributed by atoms with van der Waals surface area (Å²) in [6, 6.07) is 5.41. The van der Waals surface area contributed by atoms with Crippen LogP contribution in [0.25, 0.3) is 0 Å². The zero-order chi connectivity index (χ0) is 19.6. The molecule has 1 aliphatic carbocycles. The zero-order valence-electron chi connectivity index (χ0n) is 15.3. The van der Waals surface area contributed by atoms with Crippen molar-refractivity contribution in [3.8, 4) is 0 Å². The average molecular weight is 379 g/mol. The molecule has 27 heavy (non-hydrogen) atoms. The number of carbonyl (C=O) groups excluding carboxylic acids is 3. The molecule has 0 unspecified atom stereocenters. The number of primary amides is 1. The van der Waals surface area contributed by atoms with Gasteiger partial charge in [0.15, 0.2) is 6.61 Å². The molecule has 0 atom stereocenters. The highest BCUT2D eigenvalue weighted by atomic mass is 19.1. The van der Waals surface area contributed by atoms with Crippen LogP contribution < -0.4 is 11.1 Å². The summed E-state index contributed by atoms with van der Waals surface area (Å²) in [6.45, 7) is 0.0575. The second kappa shape index (κ2) is 10.5. The predicted octanol–water partition coefficient (Wildman–Crippen LogP) is 2.09. The van der Waals surface area contributed by atoms with E-state index in [1.54, 1.807) is 17.0 Å². The first-order valence-corrected chi connectivity index (χ1v) is 9.18. The number of nitrogens with zero attached hydrogens (tertiary/aromatic N) is 1. The Hall–Kier alpha value is -2.64. The molecular formula is C19H26FN3O4. The molecule has 2 rings (SSSR count). The third kappa shape index (κ3) is 7.24. The van der Waals surface area contributed by atoms with Crippen molar-refractivity contribution in [2.24, 2.45) is 5.73 Å². The largest absolute Gasteiger partial charge is 0.456 e. The lowest BCUT2D eigenvalue weighted by Crippen LogP contribution is -2.43. The number of hydrogen-bond acceptors (Lipinski definition) is 4. The van der Waals surface area contributed by atoms with Gasteiger partial charge in [-0.3, -0.25) is 9.59 Å². The number of urea groups is 1. The summed E-state index contributed by atoms with van der Waals surface area (Å²) in [6.07, 6.45) is 5.01. The number of amides is 3. The van der Waals surface area contributed by atoms with Crippen molar-refractivity contribution in [2.75, 3.05) is 13.2 Å². The van der Waals surface area contributed by atoms with Crippen LogP contribution in [0.15, 0.2) is 24.3 Å². The first-order chi connectivity index (χ1) is 13.0. The molecule has 7 nitrogen and oxygen atoms in total. The van der Waals surface area contributed by atoms with E-state index >= 15 is 0 Å². The summed E-state index contributed by atoms with van der Waals surface area (Å²) in [5.41, 5.74) is 5.75. The first kappa shape index (κ1) is 20.7. The molecule has 8 heteroatoms. The molecule has 148 valence electrons. The van der Waals surface area contributed by atoms with Crippen LogP contribution in [-0.4, -0.2) is 42.0 Å². The monoisotopic (exact) mass is 379 g/mol. The van der Waals surface area contributed by atoms with Crippen LogP contribution in [0.1, 0.15) is 44.1 Å². The summed E-state index contributed by atoms with van der Waals surface area (Å²) in [5, 5.41) is 2.29. The van der Waals surface area contributed by atoms with Crippen molar-refractivity contribution in [1.29, 1.82) is 0 Å². The minimum atomic E-state index is -0.721. The van der Waals surface area contributed by atoms with Crippen molar-refractivity contribution in [1.82, 2.24) is 10.2 Å². The van der Waals surface area contributed by atoms with Crippen LogP contribution >= 0.6 is 0 Å². The minimum absolute atomic E-state index is 0.0579. The second-order valence-corrected chi connectivity index (χ2v) is 6.64. The van der Waals surface area contributed by atoms with Gasteiger partial charge in [0.25, 0.3) is 5.91 Å². The van der Waals surface area contributed by atoms with E-state index in [9.17, 15) is 18.8 Å². The van der Waals surface area contributed by atoms with Gasteiger partial charge >= 0.3 is 12.0 Å². The van der Waals surface area contributed by atoms with Crippen LogP contribution in [0.4, 0.5) is 9.18 Å². The fourth-order valence-electron chi connectivity index (χ4n) is 3.19. The molecule has 3 N–H and O–H groups in total. The lowest BCUT2D eigenvalue weighted by molar-refractivity contribution is -0.153. The van der Waals surface area contributed by atoms with Gasteiger partial charge in [0.1, 0.15) is 5.82 Å². The summed E-state index contributed by atoms with van der Waals surface area (Å²) in [7, 11) is 0. The summed E-state index contributed by atoms with van der Waals surface area (Å²) in [5.74, 6) is -1.18. The molecule has 0 spiro atoms. The third-order valence-corrected chi connectivity index (χ3v) is 4.59. The predicted molar refractivity (Wildman–Crippen MR) is 97.0 cm³/mol. The molecule has 0 aromatic heterocycles. The van der Waals surface area contributed by atoms with E-state index in [1.165, 1.54) is 12.1 Å². The van der Waals surface area contributed by atoms with Gasteiger partial charge in [0, 0.05) is 19.1 Å². The Bertz CT molecular complexity index is 645. The number of esters is 1. The number of rotatable bonds is 8. The van der Waals surface area contributed by atoms with Crippen LogP contribution in [0.2, 0.25) is 0 Å². The van der Waals surface area contributed by atoms with E-state index in [4.69, 9.17) is 10.5 Å². The summed E-state index contributed by atoms with van der Waals surface area (Å²) in [4.78, 5) is 36.7. The molecule has 0 bridgehead atoms. The van der Waals surface area contributed by atoms with Gasteiger partial charge in [0.2, 0.25) is 0 Å². The molecule has 1 aromatic rings. The Kier molecular flexibility index (Phi) is 8.03. The molecule has 1 aliphatic rings. The van der Waals surface area contributed by atoms with Crippen molar-refractivity contribution < 1.29 is 23.5 Å². The highest BCUT2D eigenvalue weighted by Gasteiger charge is 2.26. The average Bonchev–Trinajstić information content (AvgIpc) is 2.66. The molecule has 1 aromatic carbocycles. The van der Waals surface area contributed by atoms with Crippen LogP contribution in [0.5, 0.6) is 0 Å². The van der Waals surface area contributed by atoms with Crippen molar-refractivity contribution >= 4 is 17.9 Å². The van der Waals surface area contributed by atoms with Gasteiger partial charge in [-0.05, 0) is 30.5 Å². The number of nitrogens with two attached hydrogens (primary N) is 1. The number of nitrogens with one attached hydrogen (secondary N) is 1. The smallest absolute Gasteiger partial charge is 0.312 e. The molecule has 1 saturated carbocycles. The van der Waals surface area contributed by atoms with Crippen molar-refractivity contribution in [2.45, 2.75) is 51.1 Å². The Balaban J connectivity index is 1.92. The zero-order valence-corrected chi connectivity index (χ0v) is 15.3. The Morgan fingerprint density at radius 3 is 2.44 bits per heavy atom. The topological polar surface area (TPSA) is 102 Å². The maximum absolute atomic E-state index is 13.1. The molecule has 1 fully saturated rings. The Morgan fingerprint density at radius 2 is 1.81 bits per heavy atom. The highest BCUT2D eigenvalue weighted by molar-refractivity contribution is 5.81. The van der Waals surface area contributed by atoms with Gasteiger partial charge in [-0.15, -0.1) is 0 Å². The molecule has 3 amide bonds. The van der Waals surface area contributed by atoms with Gasteiger partial charge in [-0.2, -0.15) is 0 Å². The lowest BCUT2D eigenvalue weighted by atomic mass is 9.93. The first-order valence-electron chi connectivity index (χ1n) is 9.18. The molecule has 0 heterocycles. The SMILES string of the molecule is NC(=O)NCCC(=O)OCC(=O)N(Cc1ccc(F)cc1)C1CCCCC1. The molecule has 0 radical (unpaired) electrons. The van der Waals surface area contributed by atoms with E-state index in [1.807, 2.05) is 0 Å². The van der Waals surface area contributed by atoms with Gasteiger partial charge in [0.05, 0.1) is 6.42 Å². The number of halogens is 1. The highest BCUT2D eigenvalue weighted by Crippen LogP contribution is 2.24. The van der Waals surface area contributed by atoms with Gasteiger partial charge in [-0.1, -0.05) is 31.4 Å². The number of benzene rings is 1. The van der Waals surface area contributed by atoms with Crippen molar-refractivity contribution in [3.05, 3.63) is 35.6 Å². The molecular weight excluding hydrogens is 353 g/mol. The number of hydrogen-bond donors (Lipinski definition) is 2. The third-order valence-electron chi connectivity index (χ3n) is 4.59. The molecule has 0 saturated heterocycles. The van der Waals surface area contributed by atoms with E-state index < -0.39 is 12.0 Å². The van der Waals surface area contributed by atoms with E-state index in [0.717, 1.165) is 37.7 Å². The van der Waals surface area contributed by atoms with E-state index in [0.29, 0.717) is 6.54 Å². The van der Waals surface area contributed by atoms with Crippen LogP contribution in [0.3, 0.4) is 0 Å². The Labute approximate surface area is 158 Å². The number of ether oxygens (including phenoxy) is 1. The fourth-order valence-corrected chi connectivity index (χ4v) is 3.19. The maximum atomic E-state index is 13.1. The maximum Gasteiger partial charge on any atom is 0.312 e. The van der Waals surface area contributed by atoms with Crippen LogP contribution in [-0.2, 0) is 20.9 Å². The molecule has 0 aliphatic heterocycles. The Morgan fingerprint density at radius 1 is 1.15 bits per heavy atom.